The lowest BCUT2D eigenvalue weighted by Gasteiger charge is -2.19. The monoisotopic (exact) mass is 524 g/mol. The van der Waals surface area contributed by atoms with Crippen LogP contribution in [-0.2, 0) is 29.5 Å². The highest BCUT2D eigenvalue weighted by atomic mass is 35.5. The van der Waals surface area contributed by atoms with Crippen molar-refractivity contribution in [1.29, 1.82) is 0 Å². The summed E-state index contributed by atoms with van der Waals surface area (Å²) < 4.78 is 20.8. The van der Waals surface area contributed by atoms with Crippen LogP contribution in [0, 0.1) is 5.82 Å². The number of pyridine rings is 1. The maximum absolute atomic E-state index is 13.6. The van der Waals surface area contributed by atoms with Crippen LogP contribution in [-0.4, -0.2) is 45.7 Å². The van der Waals surface area contributed by atoms with E-state index in [9.17, 15) is 14.0 Å². The van der Waals surface area contributed by atoms with Crippen LogP contribution in [0.3, 0.4) is 0 Å². The predicted octanol–water partition coefficient (Wildman–Crippen LogP) is 3.83. The molecule has 0 saturated heterocycles. The van der Waals surface area contributed by atoms with Gasteiger partial charge in [-0.2, -0.15) is 0 Å². The lowest BCUT2D eigenvalue weighted by molar-refractivity contribution is -0.121. The van der Waals surface area contributed by atoms with Gasteiger partial charge in [0.1, 0.15) is 24.1 Å². The van der Waals surface area contributed by atoms with E-state index >= 15 is 0 Å². The average Bonchev–Trinajstić information content (AvgIpc) is 3.29. The Kier molecular flexibility index (Phi) is 8.65. The fraction of sp³-hybridized carbons (Fsp3) is 0.231. The molecule has 2 aromatic heterocycles. The number of benzene rings is 2. The predicted molar refractivity (Wildman–Crippen MR) is 139 cm³/mol. The molecule has 11 heteroatoms. The molecule has 0 bridgehead atoms. The zero-order valence-corrected chi connectivity index (χ0v) is 20.8. The summed E-state index contributed by atoms with van der Waals surface area (Å²) in [6, 6.07) is 13.4. The molecule has 0 spiro atoms. The van der Waals surface area contributed by atoms with Crippen molar-refractivity contribution in [3.05, 3.63) is 89.3 Å². The van der Waals surface area contributed by atoms with Crippen LogP contribution >= 0.6 is 11.6 Å². The Morgan fingerprint density at radius 1 is 1.14 bits per heavy atom. The van der Waals surface area contributed by atoms with E-state index < -0.39 is 18.0 Å². The molecule has 4 rings (SSSR count). The topological polar surface area (TPSA) is 110 Å². The number of hydrogen-bond donors (Lipinski definition) is 3. The number of carbonyl (C=O) groups is 2. The average molecular weight is 525 g/mol. The van der Waals surface area contributed by atoms with Gasteiger partial charge in [-0.25, -0.2) is 19.2 Å². The van der Waals surface area contributed by atoms with Gasteiger partial charge in [-0.1, -0.05) is 48.0 Å². The van der Waals surface area contributed by atoms with Crippen molar-refractivity contribution in [1.82, 2.24) is 25.2 Å². The summed E-state index contributed by atoms with van der Waals surface area (Å²) in [7, 11) is 1.84. The number of ether oxygens (including phenoxy) is 1. The second-order valence-corrected chi connectivity index (χ2v) is 8.76. The number of aryl methyl sites for hydroxylation is 1. The largest absolute Gasteiger partial charge is 0.447 e. The summed E-state index contributed by atoms with van der Waals surface area (Å²) in [5.74, 6) is 0.223. The van der Waals surface area contributed by atoms with Gasteiger partial charge in [0.15, 0.2) is 0 Å². The third-order valence-corrected chi connectivity index (χ3v) is 6.05. The molecule has 0 saturated carbocycles. The fourth-order valence-corrected chi connectivity index (χ4v) is 3.90. The summed E-state index contributed by atoms with van der Waals surface area (Å²) in [6.07, 6.45) is 4.75. The number of aromatic nitrogens is 3. The number of carbonyl (C=O) groups excluding carboxylic acids is 2. The molecular formula is C26H26ClFN6O3. The van der Waals surface area contributed by atoms with Gasteiger partial charge in [-0.3, -0.25) is 10.1 Å². The third-order valence-electron chi connectivity index (χ3n) is 5.62. The van der Waals surface area contributed by atoms with Gasteiger partial charge < -0.3 is 19.9 Å². The first-order valence-corrected chi connectivity index (χ1v) is 11.9. The van der Waals surface area contributed by atoms with E-state index in [-0.39, 0.29) is 30.6 Å². The quantitative estimate of drug-likeness (QED) is 0.291. The third kappa shape index (κ3) is 7.25. The number of imidazole rings is 1. The number of nitrogens with one attached hydrogen (secondary N) is 3. The molecule has 37 heavy (non-hydrogen) atoms. The van der Waals surface area contributed by atoms with E-state index in [1.165, 1.54) is 6.07 Å². The smallest absolute Gasteiger partial charge is 0.412 e. The highest BCUT2D eigenvalue weighted by Crippen LogP contribution is 2.19. The number of rotatable bonds is 10. The lowest BCUT2D eigenvalue weighted by Crippen LogP contribution is -2.44. The summed E-state index contributed by atoms with van der Waals surface area (Å²) in [4.78, 5) is 33.5. The summed E-state index contributed by atoms with van der Waals surface area (Å²) >= 11 is 5.96. The van der Waals surface area contributed by atoms with Crippen LogP contribution in [0.15, 0.2) is 67.1 Å². The summed E-state index contributed by atoms with van der Waals surface area (Å²) in [5, 5.41) is 10.3. The van der Waals surface area contributed by atoms with Crippen molar-refractivity contribution in [2.45, 2.75) is 19.0 Å². The van der Waals surface area contributed by atoms with E-state index in [1.807, 2.05) is 35.9 Å². The molecule has 9 nitrogen and oxygen atoms in total. The first kappa shape index (κ1) is 26.1. The molecule has 4 aromatic rings. The Bertz CT molecular complexity index is 1400. The Morgan fingerprint density at radius 3 is 2.73 bits per heavy atom. The van der Waals surface area contributed by atoms with Crippen molar-refractivity contribution in [3.8, 4) is 0 Å². The minimum atomic E-state index is -0.694. The zero-order chi connectivity index (χ0) is 26.2. The number of anilines is 1. The second kappa shape index (κ2) is 12.3. The molecule has 0 fully saturated rings. The number of nitrogens with zero attached hydrogens (tertiary/aromatic N) is 3. The molecule has 0 aliphatic carbocycles. The van der Waals surface area contributed by atoms with E-state index in [1.54, 1.807) is 36.8 Å². The van der Waals surface area contributed by atoms with Gasteiger partial charge in [-0.05, 0) is 23.1 Å². The fourth-order valence-electron chi connectivity index (χ4n) is 3.71. The van der Waals surface area contributed by atoms with Gasteiger partial charge >= 0.3 is 6.09 Å². The van der Waals surface area contributed by atoms with Crippen molar-refractivity contribution in [3.63, 3.8) is 0 Å². The van der Waals surface area contributed by atoms with E-state index in [4.69, 9.17) is 16.3 Å². The van der Waals surface area contributed by atoms with Crippen molar-refractivity contribution in [2.24, 2.45) is 7.05 Å². The number of amides is 2. The van der Waals surface area contributed by atoms with Crippen LogP contribution in [0.1, 0.15) is 11.4 Å². The Balaban J connectivity index is 1.32. The highest BCUT2D eigenvalue weighted by molar-refractivity contribution is 6.31. The van der Waals surface area contributed by atoms with Crippen molar-refractivity contribution < 1.29 is 18.7 Å². The lowest BCUT2D eigenvalue weighted by atomic mass is 10.2. The minimum absolute atomic E-state index is 0.0170. The molecular weight excluding hydrogens is 499 g/mol. The van der Waals surface area contributed by atoms with Crippen LogP contribution in [0.5, 0.6) is 0 Å². The van der Waals surface area contributed by atoms with E-state index in [2.05, 4.69) is 25.9 Å². The van der Waals surface area contributed by atoms with Crippen LogP contribution < -0.4 is 16.0 Å². The molecule has 0 aliphatic heterocycles. The Hall–Kier alpha value is -4.02. The Labute approximate surface area is 218 Å². The van der Waals surface area contributed by atoms with Gasteiger partial charge in [0.2, 0.25) is 5.91 Å². The highest BCUT2D eigenvalue weighted by Gasteiger charge is 2.18. The van der Waals surface area contributed by atoms with Crippen molar-refractivity contribution in [2.75, 3.05) is 18.5 Å². The van der Waals surface area contributed by atoms with E-state index in [0.29, 0.717) is 23.6 Å². The van der Waals surface area contributed by atoms with E-state index in [0.717, 1.165) is 10.8 Å². The standard InChI is InChI=1S/C26H26ClFN6O3/c1-34-10-9-30-23(34)12-20(32-24(35)15-29-13-19-7-4-8-21(28)25(19)27)16-37-26(36)33-22-11-17-5-2-3-6-18(17)14-31-22/h2-11,14,20,29H,12-13,15-16H2,1H3,(H,32,35)(H,31,33,36). The van der Waals surface area contributed by atoms with Crippen molar-refractivity contribution >= 4 is 40.2 Å². The summed E-state index contributed by atoms with van der Waals surface area (Å²) in [6.45, 7) is 0.0799. The van der Waals surface area contributed by atoms with Crippen LogP contribution in [0.2, 0.25) is 5.02 Å². The van der Waals surface area contributed by atoms with Gasteiger partial charge in [0.05, 0.1) is 17.6 Å². The molecule has 2 aromatic carbocycles. The zero-order valence-electron chi connectivity index (χ0n) is 20.1. The Morgan fingerprint density at radius 2 is 1.95 bits per heavy atom. The van der Waals surface area contributed by atoms with Gasteiger partial charge in [-0.15, -0.1) is 0 Å². The van der Waals surface area contributed by atoms with Gasteiger partial charge in [0.25, 0.3) is 0 Å². The van der Waals surface area contributed by atoms with Crippen LogP contribution in [0.25, 0.3) is 10.8 Å². The molecule has 2 heterocycles. The van der Waals surface area contributed by atoms with Gasteiger partial charge in [0, 0.05) is 44.0 Å². The minimum Gasteiger partial charge on any atom is -0.447 e. The molecule has 3 N–H and O–H groups in total. The molecule has 1 unspecified atom stereocenters. The number of hydrogen-bond acceptors (Lipinski definition) is 6. The van der Waals surface area contributed by atoms with Crippen LogP contribution in [0.4, 0.5) is 15.0 Å². The second-order valence-electron chi connectivity index (χ2n) is 8.38. The molecule has 0 aliphatic rings. The first-order valence-electron chi connectivity index (χ1n) is 11.6. The maximum atomic E-state index is 13.6. The molecule has 192 valence electrons. The maximum Gasteiger partial charge on any atom is 0.412 e. The molecule has 2 amide bonds. The summed E-state index contributed by atoms with van der Waals surface area (Å²) in [5.41, 5.74) is 0.543. The molecule has 0 radical (unpaired) electrons. The first-order chi connectivity index (χ1) is 17.9. The number of fused-ring (bicyclic) bond motifs is 1. The number of halogens is 2. The normalized spacial score (nSPS) is 11.8. The SMILES string of the molecule is Cn1ccnc1CC(COC(=O)Nc1cc2ccccc2cn1)NC(=O)CNCc1cccc(F)c1Cl. The molecule has 1 atom stereocenters.